The molecule has 1 aliphatic rings. The van der Waals surface area contributed by atoms with Gasteiger partial charge in [0.05, 0.1) is 27.0 Å². The molecular weight excluding hydrogens is 418 g/mol. The molecule has 1 heterocycles. The van der Waals surface area contributed by atoms with Crippen molar-refractivity contribution in [2.45, 2.75) is 25.4 Å². The topological polar surface area (TPSA) is 81.7 Å². The Morgan fingerprint density at radius 3 is 2.55 bits per heavy atom. The average molecular weight is 448 g/mol. The molecule has 0 radical (unpaired) electrons. The summed E-state index contributed by atoms with van der Waals surface area (Å²) in [5.74, 6) is 1.77. The second kappa shape index (κ2) is 9.92. The number of hydrogen-bond acceptors (Lipinski definition) is 7. The molecular formula is C26H29N3O4. The van der Waals surface area contributed by atoms with E-state index in [9.17, 15) is 4.79 Å². The second-order valence-electron chi connectivity index (χ2n) is 7.90. The van der Waals surface area contributed by atoms with E-state index in [1.165, 1.54) is 0 Å². The number of nitrogens with one attached hydrogen (secondary N) is 2. The van der Waals surface area contributed by atoms with Gasteiger partial charge in [-0.05, 0) is 66.4 Å². The first-order chi connectivity index (χ1) is 16.1. The van der Waals surface area contributed by atoms with Crippen LogP contribution in [-0.2, 0) is 13.0 Å². The van der Waals surface area contributed by atoms with Gasteiger partial charge in [-0.2, -0.15) is 0 Å². The summed E-state index contributed by atoms with van der Waals surface area (Å²) in [7, 11) is 6.76. The summed E-state index contributed by atoms with van der Waals surface area (Å²) in [6.07, 6.45) is 5.15. The summed E-state index contributed by atoms with van der Waals surface area (Å²) >= 11 is 0. The van der Waals surface area contributed by atoms with E-state index in [2.05, 4.69) is 15.6 Å². The van der Waals surface area contributed by atoms with Crippen LogP contribution in [0.5, 0.6) is 17.2 Å². The molecule has 1 aliphatic carbocycles. The highest BCUT2D eigenvalue weighted by atomic mass is 16.5. The lowest BCUT2D eigenvalue weighted by atomic mass is 9.95. The SMILES string of the molecule is CN[C@H]1CCc2cc(OC)c(OC)c(OC)c2-c2ccc(NCc3cccnc3)c(=O)cc21. The minimum atomic E-state index is -0.0664. The summed E-state index contributed by atoms with van der Waals surface area (Å²) in [4.78, 5) is 17.3. The lowest BCUT2D eigenvalue weighted by Gasteiger charge is -2.19. The third-order valence-corrected chi connectivity index (χ3v) is 6.09. The maximum absolute atomic E-state index is 13.2. The number of pyridine rings is 1. The molecule has 3 aromatic rings. The van der Waals surface area contributed by atoms with Crippen molar-refractivity contribution in [3.05, 3.63) is 75.7 Å². The monoisotopic (exact) mass is 447 g/mol. The minimum Gasteiger partial charge on any atom is -0.493 e. The molecule has 2 aromatic carbocycles. The molecule has 0 bridgehead atoms. The van der Waals surface area contributed by atoms with Crippen LogP contribution in [0.15, 0.2) is 53.6 Å². The molecule has 172 valence electrons. The van der Waals surface area contributed by atoms with E-state index in [1.807, 2.05) is 37.4 Å². The van der Waals surface area contributed by atoms with E-state index in [4.69, 9.17) is 14.2 Å². The highest BCUT2D eigenvalue weighted by Crippen LogP contribution is 2.50. The van der Waals surface area contributed by atoms with E-state index < -0.39 is 0 Å². The van der Waals surface area contributed by atoms with Gasteiger partial charge in [0.1, 0.15) is 0 Å². The Morgan fingerprint density at radius 2 is 1.88 bits per heavy atom. The summed E-state index contributed by atoms with van der Waals surface area (Å²) in [6.45, 7) is 0.512. The van der Waals surface area contributed by atoms with Crippen molar-refractivity contribution in [1.29, 1.82) is 0 Å². The van der Waals surface area contributed by atoms with Crippen LogP contribution in [-0.4, -0.2) is 33.4 Å². The molecule has 0 saturated heterocycles. The first-order valence-corrected chi connectivity index (χ1v) is 10.9. The quantitative estimate of drug-likeness (QED) is 0.567. The zero-order chi connectivity index (χ0) is 23.4. The zero-order valence-corrected chi connectivity index (χ0v) is 19.4. The van der Waals surface area contributed by atoms with Gasteiger partial charge in [-0.3, -0.25) is 9.78 Å². The van der Waals surface area contributed by atoms with Crippen LogP contribution in [0.2, 0.25) is 0 Å². The largest absolute Gasteiger partial charge is 0.493 e. The zero-order valence-electron chi connectivity index (χ0n) is 19.4. The van der Waals surface area contributed by atoms with E-state index in [1.54, 1.807) is 39.8 Å². The smallest absolute Gasteiger partial charge is 0.203 e. The number of ether oxygens (including phenoxy) is 3. The maximum atomic E-state index is 13.2. The number of anilines is 1. The van der Waals surface area contributed by atoms with E-state index >= 15 is 0 Å². The van der Waals surface area contributed by atoms with Gasteiger partial charge in [-0.25, -0.2) is 0 Å². The number of rotatable bonds is 7. The predicted molar refractivity (Wildman–Crippen MR) is 129 cm³/mol. The van der Waals surface area contributed by atoms with Gasteiger partial charge in [0, 0.05) is 30.5 Å². The summed E-state index contributed by atoms with van der Waals surface area (Å²) in [5.41, 5.74) is 5.35. The van der Waals surface area contributed by atoms with Crippen LogP contribution in [0.4, 0.5) is 5.69 Å². The summed E-state index contributed by atoms with van der Waals surface area (Å²) < 4.78 is 17.0. The van der Waals surface area contributed by atoms with Crippen molar-refractivity contribution in [3.63, 3.8) is 0 Å². The van der Waals surface area contributed by atoms with Gasteiger partial charge in [0.15, 0.2) is 11.5 Å². The van der Waals surface area contributed by atoms with Crippen LogP contribution < -0.4 is 30.3 Å². The average Bonchev–Trinajstić information content (AvgIpc) is 3.09. The molecule has 1 aromatic heterocycles. The highest BCUT2D eigenvalue weighted by molar-refractivity contribution is 5.83. The number of hydrogen-bond donors (Lipinski definition) is 2. The number of nitrogens with zero attached hydrogens (tertiary/aromatic N) is 1. The molecule has 0 amide bonds. The van der Waals surface area contributed by atoms with E-state index in [0.29, 0.717) is 29.5 Å². The van der Waals surface area contributed by atoms with Crippen molar-refractivity contribution in [2.75, 3.05) is 33.7 Å². The van der Waals surface area contributed by atoms with Gasteiger partial charge < -0.3 is 24.8 Å². The van der Waals surface area contributed by atoms with Crippen molar-refractivity contribution < 1.29 is 14.2 Å². The number of methoxy groups -OCH3 is 3. The Morgan fingerprint density at radius 1 is 1.06 bits per heavy atom. The fourth-order valence-electron chi connectivity index (χ4n) is 4.46. The first kappa shape index (κ1) is 22.6. The molecule has 0 saturated carbocycles. The van der Waals surface area contributed by atoms with E-state index in [-0.39, 0.29) is 11.5 Å². The lowest BCUT2D eigenvalue weighted by Crippen LogP contribution is -2.18. The molecule has 2 N–H and O–H groups in total. The summed E-state index contributed by atoms with van der Waals surface area (Å²) in [6, 6.07) is 11.4. The molecule has 1 atom stereocenters. The Balaban J connectivity index is 1.89. The van der Waals surface area contributed by atoms with Crippen LogP contribution in [0.25, 0.3) is 11.1 Å². The first-order valence-electron chi connectivity index (χ1n) is 10.9. The fourth-order valence-corrected chi connectivity index (χ4v) is 4.46. The molecule has 7 heteroatoms. The third-order valence-electron chi connectivity index (χ3n) is 6.09. The van der Waals surface area contributed by atoms with Gasteiger partial charge in [-0.1, -0.05) is 12.1 Å². The molecule has 0 fully saturated rings. The van der Waals surface area contributed by atoms with Crippen molar-refractivity contribution >= 4 is 5.69 Å². The van der Waals surface area contributed by atoms with Gasteiger partial charge in [-0.15, -0.1) is 0 Å². The molecule has 4 rings (SSSR count). The third kappa shape index (κ3) is 4.36. The van der Waals surface area contributed by atoms with Crippen molar-refractivity contribution in [1.82, 2.24) is 10.3 Å². The fraction of sp³-hybridized carbons (Fsp3) is 0.308. The van der Waals surface area contributed by atoms with E-state index in [0.717, 1.165) is 40.7 Å². The maximum Gasteiger partial charge on any atom is 0.203 e. The molecule has 0 unspecified atom stereocenters. The molecule has 33 heavy (non-hydrogen) atoms. The number of fused-ring (bicyclic) bond motifs is 3. The normalized spacial score (nSPS) is 14.5. The Kier molecular flexibility index (Phi) is 6.79. The predicted octanol–water partition coefficient (Wildman–Crippen LogP) is 3.95. The Hall–Kier alpha value is -3.58. The van der Waals surface area contributed by atoms with Crippen LogP contribution in [0.3, 0.4) is 0 Å². The molecule has 0 aliphatic heterocycles. The van der Waals surface area contributed by atoms with Crippen LogP contribution >= 0.6 is 0 Å². The second-order valence-corrected chi connectivity index (χ2v) is 7.90. The van der Waals surface area contributed by atoms with Gasteiger partial charge in [0.2, 0.25) is 11.2 Å². The molecule has 0 spiro atoms. The summed E-state index contributed by atoms with van der Waals surface area (Å²) in [5, 5.41) is 6.64. The Labute approximate surface area is 193 Å². The number of aromatic nitrogens is 1. The standard InChI is InChI=1S/C26H29N3O4/c1-27-20-9-7-17-12-23(31-2)25(32-3)26(33-4)24(17)18-8-10-21(22(30)13-19(18)20)29-15-16-6-5-11-28-14-16/h5-6,8,10-14,20,27H,7,9,15H2,1-4H3,(H,29,30)/t20-/m0/s1. The highest BCUT2D eigenvalue weighted by Gasteiger charge is 2.28. The van der Waals surface area contributed by atoms with Crippen molar-refractivity contribution in [3.8, 4) is 28.4 Å². The van der Waals surface area contributed by atoms with Crippen molar-refractivity contribution in [2.24, 2.45) is 0 Å². The lowest BCUT2D eigenvalue weighted by molar-refractivity contribution is 0.324. The minimum absolute atomic E-state index is 0.0142. The number of aryl methyl sites for hydroxylation is 1. The van der Waals surface area contributed by atoms with Gasteiger partial charge >= 0.3 is 0 Å². The van der Waals surface area contributed by atoms with Gasteiger partial charge in [0.25, 0.3) is 0 Å². The Bertz CT molecular complexity index is 1200. The van der Waals surface area contributed by atoms with Crippen LogP contribution in [0.1, 0.15) is 29.2 Å². The number of benzene rings is 1. The van der Waals surface area contributed by atoms with Crippen LogP contribution in [0, 0.1) is 0 Å². The molecule has 7 nitrogen and oxygen atoms in total.